The Bertz CT molecular complexity index is 1980. The van der Waals surface area contributed by atoms with Crippen LogP contribution in [0.25, 0.3) is 43.1 Å². The molecular weight excluding hydrogens is 576 g/mol. The Balaban J connectivity index is 0.000000194. The van der Waals surface area contributed by atoms with Crippen LogP contribution in [-0.4, -0.2) is 19.1 Å². The second-order valence-electron chi connectivity index (χ2n) is 14.7. The van der Waals surface area contributed by atoms with Crippen molar-refractivity contribution in [3.05, 3.63) is 109 Å². The summed E-state index contributed by atoms with van der Waals surface area (Å²) < 4.78 is 0. The highest BCUT2D eigenvalue weighted by Crippen LogP contribution is 2.56. The number of rotatable bonds is 4. The van der Waals surface area contributed by atoms with Crippen molar-refractivity contribution in [1.29, 1.82) is 0 Å². The molecule has 6 N–H and O–H groups in total. The SMILES string of the molecule is CC1CC2CC(C)(CNC(=O)Nc3c4ccccc4cc4ccccc34)CC(CN)(C1)C2.Nc1c2ccccc2cc2ccccc12. The summed E-state index contributed by atoms with van der Waals surface area (Å²) in [5, 5.41) is 15.5. The van der Waals surface area contributed by atoms with E-state index in [1.54, 1.807) is 0 Å². The lowest BCUT2D eigenvalue weighted by atomic mass is 9.52. The molecule has 5 heteroatoms. The summed E-state index contributed by atoms with van der Waals surface area (Å²) in [4.78, 5) is 13.1. The van der Waals surface area contributed by atoms with E-state index in [9.17, 15) is 4.79 Å². The lowest BCUT2D eigenvalue weighted by molar-refractivity contribution is -0.0214. The molecule has 4 atom stereocenters. The molecule has 0 aliphatic heterocycles. The van der Waals surface area contributed by atoms with Gasteiger partial charge in [-0.2, -0.15) is 0 Å². The van der Waals surface area contributed by atoms with Gasteiger partial charge in [-0.3, -0.25) is 0 Å². The van der Waals surface area contributed by atoms with E-state index in [1.165, 1.54) is 36.5 Å². The minimum Gasteiger partial charge on any atom is -0.398 e. The number of hydrogen-bond acceptors (Lipinski definition) is 3. The van der Waals surface area contributed by atoms with E-state index >= 15 is 0 Å². The number of nitrogens with one attached hydrogen (secondary N) is 2. The lowest BCUT2D eigenvalue weighted by Gasteiger charge is -2.54. The average Bonchev–Trinajstić information content (AvgIpc) is 3.07. The molecule has 8 rings (SSSR count). The van der Waals surface area contributed by atoms with Crippen LogP contribution in [0.5, 0.6) is 0 Å². The van der Waals surface area contributed by atoms with Gasteiger partial charge in [0.1, 0.15) is 0 Å². The highest BCUT2D eigenvalue weighted by Gasteiger charge is 2.48. The Morgan fingerprint density at radius 1 is 0.745 bits per heavy atom. The molecule has 0 saturated heterocycles. The Hall–Kier alpha value is -4.61. The summed E-state index contributed by atoms with van der Waals surface area (Å²) in [5.41, 5.74) is 14.6. The van der Waals surface area contributed by atoms with Crippen LogP contribution in [0.1, 0.15) is 46.0 Å². The molecule has 47 heavy (non-hydrogen) atoms. The molecular formula is C42H46N4O. The van der Waals surface area contributed by atoms with Gasteiger partial charge in [-0.25, -0.2) is 4.79 Å². The van der Waals surface area contributed by atoms with Gasteiger partial charge in [0, 0.05) is 33.8 Å². The maximum Gasteiger partial charge on any atom is 0.319 e. The maximum absolute atomic E-state index is 13.1. The number of hydrogen-bond donors (Lipinski definition) is 4. The molecule has 4 unspecified atom stereocenters. The first-order chi connectivity index (χ1) is 22.7. The molecule has 0 radical (unpaired) electrons. The fourth-order valence-corrected chi connectivity index (χ4v) is 9.17. The topological polar surface area (TPSA) is 93.2 Å². The minimum atomic E-state index is -0.126. The van der Waals surface area contributed by atoms with Crippen molar-refractivity contribution >= 4 is 60.5 Å². The smallest absolute Gasteiger partial charge is 0.319 e. The van der Waals surface area contributed by atoms with Gasteiger partial charge in [0.25, 0.3) is 0 Å². The van der Waals surface area contributed by atoms with Gasteiger partial charge in [-0.15, -0.1) is 0 Å². The van der Waals surface area contributed by atoms with Gasteiger partial charge < -0.3 is 22.1 Å². The van der Waals surface area contributed by atoms with Crippen LogP contribution in [0.2, 0.25) is 0 Å². The summed E-state index contributed by atoms with van der Waals surface area (Å²) in [5.74, 6) is 1.49. The van der Waals surface area contributed by atoms with Crippen molar-refractivity contribution < 1.29 is 4.79 Å². The van der Waals surface area contributed by atoms with Gasteiger partial charge in [0.15, 0.2) is 0 Å². The third kappa shape index (κ3) is 6.25. The van der Waals surface area contributed by atoms with Gasteiger partial charge >= 0.3 is 6.03 Å². The van der Waals surface area contributed by atoms with Crippen molar-refractivity contribution in [2.24, 2.45) is 28.4 Å². The third-order valence-corrected chi connectivity index (χ3v) is 10.8. The van der Waals surface area contributed by atoms with Crippen LogP contribution < -0.4 is 22.1 Å². The molecule has 240 valence electrons. The zero-order valence-corrected chi connectivity index (χ0v) is 27.6. The molecule has 2 aliphatic rings. The zero-order valence-electron chi connectivity index (χ0n) is 27.6. The monoisotopic (exact) mass is 622 g/mol. The Morgan fingerprint density at radius 2 is 1.23 bits per heavy atom. The number of benzene rings is 6. The summed E-state index contributed by atoms with van der Waals surface area (Å²) in [6.45, 7) is 6.17. The number of carbonyl (C=O) groups excluding carboxylic acids is 1. The van der Waals surface area contributed by atoms with Gasteiger partial charge in [0.2, 0.25) is 0 Å². The van der Waals surface area contributed by atoms with Crippen LogP contribution >= 0.6 is 0 Å². The van der Waals surface area contributed by atoms with E-state index < -0.39 is 0 Å². The first kappa shape index (κ1) is 31.0. The number of nitrogen functional groups attached to an aromatic ring is 1. The van der Waals surface area contributed by atoms with Gasteiger partial charge in [0.05, 0.1) is 5.69 Å². The zero-order chi connectivity index (χ0) is 32.6. The molecule has 2 amide bonds. The van der Waals surface area contributed by atoms with Crippen LogP contribution in [0.15, 0.2) is 109 Å². The predicted molar refractivity (Wildman–Crippen MR) is 200 cm³/mol. The minimum absolute atomic E-state index is 0.0978. The molecule has 0 heterocycles. The fourth-order valence-electron chi connectivity index (χ4n) is 9.17. The molecule has 0 aromatic heterocycles. The van der Waals surface area contributed by atoms with Gasteiger partial charge in [-0.05, 0) is 95.0 Å². The number of urea groups is 1. The van der Waals surface area contributed by atoms with E-state index in [0.717, 1.165) is 68.5 Å². The number of carbonyl (C=O) groups is 1. The molecule has 6 aromatic rings. The van der Waals surface area contributed by atoms with E-state index in [-0.39, 0.29) is 16.9 Å². The summed E-state index contributed by atoms with van der Waals surface area (Å²) in [7, 11) is 0. The van der Waals surface area contributed by atoms with Crippen LogP contribution in [0, 0.1) is 22.7 Å². The number of amides is 2. The van der Waals surface area contributed by atoms with Crippen molar-refractivity contribution in [2.75, 3.05) is 24.1 Å². The van der Waals surface area contributed by atoms with E-state index in [2.05, 4.69) is 85.1 Å². The van der Waals surface area contributed by atoms with E-state index in [1.807, 2.05) is 48.5 Å². The largest absolute Gasteiger partial charge is 0.398 e. The second-order valence-corrected chi connectivity index (χ2v) is 14.7. The number of nitrogens with two attached hydrogens (primary N) is 2. The molecule has 2 fully saturated rings. The third-order valence-electron chi connectivity index (χ3n) is 10.8. The molecule has 0 spiro atoms. The molecule has 6 aromatic carbocycles. The predicted octanol–water partition coefficient (Wildman–Crippen LogP) is 9.87. The Kier molecular flexibility index (Phi) is 8.27. The standard InChI is InChI=1S/C28H35N3O.C14H11N/c1-19-11-20-14-27(2,16-28(13-19,15-20)17-29)18-30-26(32)31-25-23-9-5-3-7-21(23)12-22-8-4-6-10-24(22)25;15-14-12-7-3-1-5-10(12)9-11-6-2-4-8-13(11)14/h3-10,12,19-20H,11,13-18,29H2,1-2H3,(H2,30,31,32);1-9H,15H2. The summed E-state index contributed by atoms with van der Waals surface area (Å²) in [6.07, 6.45) is 6.07. The fraction of sp³-hybridized carbons (Fsp3) is 0.310. The van der Waals surface area contributed by atoms with Crippen molar-refractivity contribution in [3.8, 4) is 0 Å². The molecule has 2 saturated carbocycles. The van der Waals surface area contributed by atoms with Crippen LogP contribution in [-0.2, 0) is 0 Å². The van der Waals surface area contributed by atoms with Crippen molar-refractivity contribution in [2.45, 2.75) is 46.0 Å². The highest BCUT2D eigenvalue weighted by molar-refractivity contribution is 6.15. The Labute approximate surface area is 277 Å². The van der Waals surface area contributed by atoms with E-state index in [4.69, 9.17) is 11.5 Å². The number of fused-ring (bicyclic) bond motifs is 6. The van der Waals surface area contributed by atoms with Crippen LogP contribution in [0.3, 0.4) is 0 Å². The number of anilines is 2. The first-order valence-corrected chi connectivity index (χ1v) is 17.1. The normalized spacial score (nSPS) is 23.7. The summed E-state index contributed by atoms with van der Waals surface area (Å²) >= 11 is 0. The van der Waals surface area contributed by atoms with E-state index in [0.29, 0.717) is 6.54 Å². The summed E-state index contributed by atoms with van der Waals surface area (Å²) in [6, 6.07) is 37.2. The lowest BCUT2D eigenvalue weighted by Crippen LogP contribution is -2.51. The Morgan fingerprint density at radius 3 is 1.77 bits per heavy atom. The second kappa shape index (κ2) is 12.5. The maximum atomic E-state index is 13.1. The van der Waals surface area contributed by atoms with Crippen LogP contribution in [0.4, 0.5) is 16.2 Å². The van der Waals surface area contributed by atoms with Gasteiger partial charge in [-0.1, -0.05) is 111 Å². The quantitative estimate of drug-likeness (QED) is 0.116. The molecule has 2 bridgehead atoms. The van der Waals surface area contributed by atoms with Crippen molar-refractivity contribution in [1.82, 2.24) is 5.32 Å². The molecule has 2 aliphatic carbocycles. The first-order valence-electron chi connectivity index (χ1n) is 17.1. The highest BCUT2D eigenvalue weighted by atomic mass is 16.2. The average molecular weight is 623 g/mol. The van der Waals surface area contributed by atoms with Crippen molar-refractivity contribution in [3.63, 3.8) is 0 Å². The molecule has 5 nitrogen and oxygen atoms in total.